The predicted molar refractivity (Wildman–Crippen MR) is 38.1 cm³/mol. The van der Waals surface area contributed by atoms with E-state index in [0.29, 0.717) is 0 Å². The number of rotatable bonds is 3. The SMILES string of the molecule is CCN/C=C(\C)C(C)=O. The average molecular weight is 127 g/mol. The van der Waals surface area contributed by atoms with Gasteiger partial charge >= 0.3 is 0 Å². The Labute approximate surface area is 56.0 Å². The van der Waals surface area contributed by atoms with Gasteiger partial charge < -0.3 is 5.32 Å². The molecular weight excluding hydrogens is 114 g/mol. The number of Topliss-reactive ketones (excluding diaryl/α,β-unsaturated/α-hetero) is 1. The molecule has 0 bridgehead atoms. The van der Waals surface area contributed by atoms with Crippen molar-refractivity contribution >= 4 is 5.78 Å². The molecule has 0 saturated heterocycles. The smallest absolute Gasteiger partial charge is 0.156 e. The highest BCUT2D eigenvalue weighted by molar-refractivity contribution is 5.92. The van der Waals surface area contributed by atoms with Crippen LogP contribution in [-0.2, 0) is 4.79 Å². The largest absolute Gasteiger partial charge is 0.391 e. The molecule has 0 fully saturated rings. The van der Waals surface area contributed by atoms with Crippen LogP contribution in [0.4, 0.5) is 0 Å². The summed E-state index contributed by atoms with van der Waals surface area (Å²) in [6.07, 6.45) is 1.74. The van der Waals surface area contributed by atoms with Gasteiger partial charge in [0, 0.05) is 18.3 Å². The third kappa shape index (κ3) is 3.76. The molecule has 0 aliphatic heterocycles. The molecule has 0 aromatic carbocycles. The quantitative estimate of drug-likeness (QED) is 0.575. The average Bonchev–Trinajstić information content (AvgIpc) is 1.82. The van der Waals surface area contributed by atoms with Crippen molar-refractivity contribution in [2.45, 2.75) is 20.8 Å². The van der Waals surface area contributed by atoms with Crippen LogP contribution in [0.25, 0.3) is 0 Å². The summed E-state index contributed by atoms with van der Waals surface area (Å²) in [6, 6.07) is 0. The third-order valence-electron chi connectivity index (χ3n) is 1.08. The van der Waals surface area contributed by atoms with Crippen molar-refractivity contribution in [3.63, 3.8) is 0 Å². The second kappa shape index (κ2) is 4.13. The summed E-state index contributed by atoms with van der Waals surface area (Å²) in [5, 5.41) is 2.95. The fraction of sp³-hybridized carbons (Fsp3) is 0.571. The Balaban J connectivity index is 3.69. The summed E-state index contributed by atoms with van der Waals surface area (Å²) in [7, 11) is 0. The highest BCUT2D eigenvalue weighted by Crippen LogP contribution is 1.89. The van der Waals surface area contributed by atoms with E-state index in [9.17, 15) is 4.79 Å². The molecule has 0 aromatic heterocycles. The Hall–Kier alpha value is -0.790. The van der Waals surface area contributed by atoms with Gasteiger partial charge in [-0.05, 0) is 20.8 Å². The zero-order valence-electron chi connectivity index (χ0n) is 6.19. The van der Waals surface area contributed by atoms with Gasteiger partial charge in [0.05, 0.1) is 0 Å². The van der Waals surface area contributed by atoms with Crippen molar-refractivity contribution in [1.29, 1.82) is 0 Å². The Morgan fingerprint density at radius 1 is 1.56 bits per heavy atom. The molecule has 2 heteroatoms. The molecule has 0 aromatic rings. The molecular formula is C7H13NO. The molecule has 9 heavy (non-hydrogen) atoms. The number of ketones is 1. The van der Waals surface area contributed by atoms with Crippen LogP contribution >= 0.6 is 0 Å². The normalized spacial score (nSPS) is 11.2. The van der Waals surface area contributed by atoms with Crippen LogP contribution in [0, 0.1) is 0 Å². The number of allylic oxidation sites excluding steroid dienone is 1. The Kier molecular flexibility index (Phi) is 3.76. The molecule has 0 unspecified atom stereocenters. The molecule has 0 atom stereocenters. The van der Waals surface area contributed by atoms with Crippen LogP contribution < -0.4 is 5.32 Å². The van der Waals surface area contributed by atoms with Crippen molar-refractivity contribution in [2.75, 3.05) is 6.54 Å². The van der Waals surface area contributed by atoms with Gasteiger partial charge in [-0.1, -0.05) is 0 Å². The summed E-state index contributed by atoms with van der Waals surface area (Å²) in [5.74, 6) is 0.121. The fourth-order valence-corrected chi connectivity index (χ4v) is 0.357. The standard InChI is InChI=1S/C7H13NO/c1-4-8-5-6(2)7(3)9/h5,8H,4H2,1-3H3/b6-5+. The molecule has 0 radical (unpaired) electrons. The summed E-state index contributed by atoms with van der Waals surface area (Å²) in [5.41, 5.74) is 0.775. The topological polar surface area (TPSA) is 29.1 Å². The first-order valence-electron chi connectivity index (χ1n) is 3.09. The highest BCUT2D eigenvalue weighted by atomic mass is 16.1. The molecule has 0 heterocycles. The molecule has 0 spiro atoms. The van der Waals surface area contributed by atoms with Gasteiger partial charge in [0.25, 0.3) is 0 Å². The second-order valence-corrected chi connectivity index (χ2v) is 1.94. The van der Waals surface area contributed by atoms with E-state index in [4.69, 9.17) is 0 Å². The van der Waals surface area contributed by atoms with Crippen LogP contribution in [0.5, 0.6) is 0 Å². The lowest BCUT2D eigenvalue weighted by Crippen LogP contribution is -2.05. The van der Waals surface area contributed by atoms with Gasteiger partial charge in [0.15, 0.2) is 5.78 Å². The van der Waals surface area contributed by atoms with Crippen LogP contribution in [0.2, 0.25) is 0 Å². The van der Waals surface area contributed by atoms with Gasteiger partial charge in [-0.2, -0.15) is 0 Å². The minimum absolute atomic E-state index is 0.121. The summed E-state index contributed by atoms with van der Waals surface area (Å²) < 4.78 is 0. The molecule has 0 rings (SSSR count). The third-order valence-corrected chi connectivity index (χ3v) is 1.08. The van der Waals surface area contributed by atoms with Crippen LogP contribution in [0.3, 0.4) is 0 Å². The van der Waals surface area contributed by atoms with E-state index in [2.05, 4.69) is 5.32 Å². The zero-order chi connectivity index (χ0) is 7.28. The number of carbonyl (C=O) groups is 1. The van der Waals surface area contributed by atoms with E-state index >= 15 is 0 Å². The van der Waals surface area contributed by atoms with Crippen LogP contribution in [-0.4, -0.2) is 12.3 Å². The lowest BCUT2D eigenvalue weighted by atomic mass is 10.2. The number of nitrogens with one attached hydrogen (secondary N) is 1. The van der Waals surface area contributed by atoms with Crippen molar-refractivity contribution in [3.05, 3.63) is 11.8 Å². The highest BCUT2D eigenvalue weighted by Gasteiger charge is 1.91. The van der Waals surface area contributed by atoms with Crippen LogP contribution in [0.1, 0.15) is 20.8 Å². The summed E-state index contributed by atoms with van der Waals surface area (Å²) >= 11 is 0. The molecule has 1 N–H and O–H groups in total. The van der Waals surface area contributed by atoms with Gasteiger partial charge in [-0.15, -0.1) is 0 Å². The van der Waals surface area contributed by atoms with Crippen LogP contribution in [0.15, 0.2) is 11.8 Å². The second-order valence-electron chi connectivity index (χ2n) is 1.94. The Morgan fingerprint density at radius 3 is 2.44 bits per heavy atom. The maximum Gasteiger partial charge on any atom is 0.156 e. The first kappa shape index (κ1) is 8.21. The molecule has 0 saturated carbocycles. The first-order chi connectivity index (χ1) is 4.18. The van der Waals surface area contributed by atoms with E-state index < -0.39 is 0 Å². The summed E-state index contributed by atoms with van der Waals surface area (Å²) in [6.45, 7) is 6.21. The number of hydrogen-bond donors (Lipinski definition) is 1. The first-order valence-corrected chi connectivity index (χ1v) is 3.09. The van der Waals surface area contributed by atoms with E-state index in [1.54, 1.807) is 20.0 Å². The minimum atomic E-state index is 0.121. The molecule has 0 amide bonds. The number of carbonyl (C=O) groups excluding carboxylic acids is 1. The van der Waals surface area contributed by atoms with Crippen molar-refractivity contribution in [3.8, 4) is 0 Å². The molecule has 2 nitrogen and oxygen atoms in total. The van der Waals surface area contributed by atoms with E-state index in [1.807, 2.05) is 6.92 Å². The van der Waals surface area contributed by atoms with Crippen molar-refractivity contribution in [1.82, 2.24) is 5.32 Å². The van der Waals surface area contributed by atoms with Crippen molar-refractivity contribution in [2.24, 2.45) is 0 Å². The van der Waals surface area contributed by atoms with Gasteiger partial charge in [0.2, 0.25) is 0 Å². The van der Waals surface area contributed by atoms with E-state index in [0.717, 1.165) is 12.1 Å². The minimum Gasteiger partial charge on any atom is -0.391 e. The monoisotopic (exact) mass is 127 g/mol. The summed E-state index contributed by atoms with van der Waals surface area (Å²) in [4.78, 5) is 10.5. The predicted octanol–water partition coefficient (Wildman–Crippen LogP) is 1.09. The fourth-order valence-electron chi connectivity index (χ4n) is 0.357. The molecule has 0 aliphatic rings. The lowest BCUT2D eigenvalue weighted by molar-refractivity contribution is -0.113. The number of hydrogen-bond acceptors (Lipinski definition) is 2. The maximum atomic E-state index is 10.5. The van der Waals surface area contributed by atoms with Crippen molar-refractivity contribution < 1.29 is 4.79 Å². The van der Waals surface area contributed by atoms with Gasteiger partial charge in [-0.25, -0.2) is 0 Å². The maximum absolute atomic E-state index is 10.5. The molecule has 0 aliphatic carbocycles. The zero-order valence-corrected chi connectivity index (χ0v) is 6.19. The Bertz CT molecular complexity index is 127. The van der Waals surface area contributed by atoms with Gasteiger partial charge in [-0.3, -0.25) is 4.79 Å². The molecule has 52 valence electrons. The van der Waals surface area contributed by atoms with E-state index in [-0.39, 0.29) is 5.78 Å². The Morgan fingerprint density at radius 2 is 2.11 bits per heavy atom. The lowest BCUT2D eigenvalue weighted by Gasteiger charge is -1.94. The van der Waals surface area contributed by atoms with Gasteiger partial charge in [0.1, 0.15) is 0 Å². The van der Waals surface area contributed by atoms with E-state index in [1.165, 1.54) is 0 Å².